The molecule has 2 atom stereocenters. The molecular formula is C18H21BrO. The van der Waals surface area contributed by atoms with Gasteiger partial charge in [-0.15, -0.1) is 0 Å². The van der Waals surface area contributed by atoms with Crippen molar-refractivity contribution in [2.24, 2.45) is 0 Å². The summed E-state index contributed by atoms with van der Waals surface area (Å²) in [6, 6.07) is 13.2. The van der Waals surface area contributed by atoms with Crippen LogP contribution in [0.2, 0.25) is 0 Å². The van der Waals surface area contributed by atoms with E-state index in [0.717, 1.165) is 19.4 Å². The second-order valence-electron chi connectivity index (χ2n) is 5.70. The minimum Gasteiger partial charge on any atom is -0.378 e. The molecule has 1 fully saturated rings. The highest BCUT2D eigenvalue weighted by Crippen LogP contribution is 2.35. The summed E-state index contributed by atoms with van der Waals surface area (Å²) in [6.45, 7) is 3.13. The standard InChI is InChI=1S/C18H21BrO/c1-13-8-10-17(16-7-3-2-6-15(13)16)18(19)11-9-14-5-4-12-20-14/h2-3,6-8,10,14,18H,4-5,9,11-12H2,1H3. The lowest BCUT2D eigenvalue weighted by Crippen LogP contribution is -2.06. The van der Waals surface area contributed by atoms with E-state index in [-0.39, 0.29) is 0 Å². The van der Waals surface area contributed by atoms with E-state index in [1.54, 1.807) is 0 Å². The van der Waals surface area contributed by atoms with Crippen LogP contribution in [0.1, 0.15) is 41.6 Å². The Morgan fingerprint density at radius 3 is 2.75 bits per heavy atom. The topological polar surface area (TPSA) is 9.23 Å². The van der Waals surface area contributed by atoms with Gasteiger partial charge in [-0.1, -0.05) is 52.3 Å². The lowest BCUT2D eigenvalue weighted by molar-refractivity contribution is 0.102. The van der Waals surface area contributed by atoms with Crippen LogP contribution in [-0.4, -0.2) is 12.7 Å². The number of ether oxygens (including phenoxy) is 1. The molecule has 1 aliphatic rings. The number of aryl methyl sites for hydroxylation is 1. The van der Waals surface area contributed by atoms with Gasteiger partial charge in [0.25, 0.3) is 0 Å². The van der Waals surface area contributed by atoms with Crippen LogP contribution in [0.15, 0.2) is 36.4 Å². The number of rotatable bonds is 4. The van der Waals surface area contributed by atoms with Gasteiger partial charge in [0.2, 0.25) is 0 Å². The van der Waals surface area contributed by atoms with Crippen molar-refractivity contribution in [1.29, 1.82) is 0 Å². The van der Waals surface area contributed by atoms with Crippen LogP contribution in [-0.2, 0) is 4.74 Å². The Hall–Kier alpha value is -0.860. The van der Waals surface area contributed by atoms with Crippen LogP contribution < -0.4 is 0 Å². The van der Waals surface area contributed by atoms with Gasteiger partial charge in [0.1, 0.15) is 0 Å². The zero-order chi connectivity index (χ0) is 13.9. The van der Waals surface area contributed by atoms with Gasteiger partial charge in [-0.05, 0) is 54.5 Å². The first-order valence-corrected chi connectivity index (χ1v) is 8.41. The van der Waals surface area contributed by atoms with Gasteiger partial charge in [0, 0.05) is 11.4 Å². The summed E-state index contributed by atoms with van der Waals surface area (Å²) in [5.41, 5.74) is 2.76. The maximum absolute atomic E-state index is 5.72. The van der Waals surface area contributed by atoms with Crippen molar-refractivity contribution in [1.82, 2.24) is 0 Å². The normalized spacial score (nSPS) is 20.4. The fourth-order valence-electron chi connectivity index (χ4n) is 3.11. The quantitative estimate of drug-likeness (QED) is 0.667. The SMILES string of the molecule is Cc1ccc(C(Br)CCC2CCCO2)c2ccccc12. The van der Waals surface area contributed by atoms with E-state index in [9.17, 15) is 0 Å². The number of benzene rings is 2. The summed E-state index contributed by atoms with van der Waals surface area (Å²) < 4.78 is 5.72. The third-order valence-electron chi connectivity index (χ3n) is 4.28. The zero-order valence-corrected chi connectivity index (χ0v) is 13.5. The summed E-state index contributed by atoms with van der Waals surface area (Å²) in [5.74, 6) is 0. The van der Waals surface area contributed by atoms with Crippen LogP contribution in [0.5, 0.6) is 0 Å². The molecule has 0 aliphatic carbocycles. The van der Waals surface area contributed by atoms with Crippen LogP contribution in [0, 0.1) is 6.92 Å². The summed E-state index contributed by atoms with van der Waals surface area (Å²) in [4.78, 5) is 0.414. The first-order valence-electron chi connectivity index (χ1n) is 7.49. The molecule has 2 heteroatoms. The van der Waals surface area contributed by atoms with Crippen LogP contribution in [0.25, 0.3) is 10.8 Å². The average Bonchev–Trinajstić information content (AvgIpc) is 2.99. The third-order valence-corrected chi connectivity index (χ3v) is 5.23. The molecule has 0 spiro atoms. The molecule has 0 saturated carbocycles. The Bertz CT molecular complexity index is 587. The molecule has 0 N–H and O–H groups in total. The van der Waals surface area contributed by atoms with Gasteiger partial charge < -0.3 is 4.74 Å². The molecular weight excluding hydrogens is 312 g/mol. The summed E-state index contributed by atoms with van der Waals surface area (Å²) in [7, 11) is 0. The largest absolute Gasteiger partial charge is 0.378 e. The number of hydrogen-bond acceptors (Lipinski definition) is 1. The Balaban J connectivity index is 1.80. The van der Waals surface area contributed by atoms with Gasteiger partial charge in [0.15, 0.2) is 0 Å². The van der Waals surface area contributed by atoms with E-state index < -0.39 is 0 Å². The van der Waals surface area contributed by atoms with Gasteiger partial charge in [-0.25, -0.2) is 0 Å². The van der Waals surface area contributed by atoms with Gasteiger partial charge in [0.05, 0.1) is 6.10 Å². The minimum atomic E-state index is 0.414. The molecule has 0 bridgehead atoms. The molecule has 1 aliphatic heterocycles. The number of fused-ring (bicyclic) bond motifs is 1. The van der Waals surface area contributed by atoms with Crippen molar-refractivity contribution in [2.45, 2.75) is 43.5 Å². The van der Waals surface area contributed by atoms with Gasteiger partial charge in [-0.2, -0.15) is 0 Å². The summed E-state index contributed by atoms with van der Waals surface area (Å²) in [5, 5.41) is 2.74. The maximum Gasteiger partial charge on any atom is 0.0576 e. The Kier molecular flexibility index (Phi) is 4.42. The number of halogens is 1. The van der Waals surface area contributed by atoms with E-state index >= 15 is 0 Å². The maximum atomic E-state index is 5.72. The predicted octanol–water partition coefficient (Wildman–Crippen LogP) is 5.54. The third kappa shape index (κ3) is 2.91. The molecule has 106 valence electrons. The van der Waals surface area contributed by atoms with E-state index in [1.165, 1.54) is 34.7 Å². The fraction of sp³-hybridized carbons (Fsp3) is 0.444. The van der Waals surface area contributed by atoms with Crippen molar-refractivity contribution < 1.29 is 4.74 Å². The smallest absolute Gasteiger partial charge is 0.0576 e. The molecule has 3 rings (SSSR count). The first kappa shape index (κ1) is 14.1. The molecule has 1 heterocycles. The predicted molar refractivity (Wildman–Crippen MR) is 88.6 cm³/mol. The molecule has 0 aromatic heterocycles. The lowest BCUT2D eigenvalue weighted by atomic mass is 9.96. The van der Waals surface area contributed by atoms with Crippen LogP contribution in [0.4, 0.5) is 0 Å². The van der Waals surface area contributed by atoms with E-state index in [1.807, 2.05) is 0 Å². The molecule has 0 amide bonds. The van der Waals surface area contributed by atoms with Crippen molar-refractivity contribution in [3.8, 4) is 0 Å². The summed E-state index contributed by atoms with van der Waals surface area (Å²) >= 11 is 3.88. The van der Waals surface area contributed by atoms with E-state index in [4.69, 9.17) is 4.74 Å². The van der Waals surface area contributed by atoms with E-state index in [0.29, 0.717) is 10.9 Å². The highest BCUT2D eigenvalue weighted by molar-refractivity contribution is 9.09. The Morgan fingerprint density at radius 1 is 1.20 bits per heavy atom. The highest BCUT2D eigenvalue weighted by atomic mass is 79.9. The molecule has 2 unspecified atom stereocenters. The fourth-order valence-corrected chi connectivity index (χ4v) is 3.77. The Labute approximate surface area is 129 Å². The van der Waals surface area contributed by atoms with Crippen molar-refractivity contribution in [2.75, 3.05) is 6.61 Å². The minimum absolute atomic E-state index is 0.414. The molecule has 2 aromatic rings. The number of hydrogen-bond donors (Lipinski definition) is 0. The van der Waals surface area contributed by atoms with Crippen molar-refractivity contribution >= 4 is 26.7 Å². The zero-order valence-electron chi connectivity index (χ0n) is 11.9. The first-order chi connectivity index (χ1) is 9.75. The molecule has 0 radical (unpaired) electrons. The Morgan fingerprint density at radius 2 is 2.00 bits per heavy atom. The summed E-state index contributed by atoms with van der Waals surface area (Å²) in [6.07, 6.45) is 5.22. The number of alkyl halides is 1. The molecule has 20 heavy (non-hydrogen) atoms. The lowest BCUT2D eigenvalue weighted by Gasteiger charge is -2.16. The van der Waals surface area contributed by atoms with E-state index in [2.05, 4.69) is 59.3 Å². The second kappa shape index (κ2) is 6.28. The van der Waals surface area contributed by atoms with Crippen LogP contribution >= 0.6 is 15.9 Å². The highest BCUT2D eigenvalue weighted by Gasteiger charge is 2.18. The van der Waals surface area contributed by atoms with Crippen molar-refractivity contribution in [3.05, 3.63) is 47.5 Å². The van der Waals surface area contributed by atoms with Crippen LogP contribution in [0.3, 0.4) is 0 Å². The molecule has 1 nitrogen and oxygen atoms in total. The molecule has 2 aromatic carbocycles. The van der Waals surface area contributed by atoms with Gasteiger partial charge >= 0.3 is 0 Å². The van der Waals surface area contributed by atoms with Gasteiger partial charge in [-0.3, -0.25) is 0 Å². The second-order valence-corrected chi connectivity index (χ2v) is 6.80. The monoisotopic (exact) mass is 332 g/mol. The molecule has 1 saturated heterocycles. The average molecular weight is 333 g/mol. The van der Waals surface area contributed by atoms with Crippen molar-refractivity contribution in [3.63, 3.8) is 0 Å².